The number of nitrogens with two attached hydrogens (primary N) is 1. The van der Waals surface area contributed by atoms with Gasteiger partial charge in [-0.2, -0.15) is 0 Å². The first-order chi connectivity index (χ1) is 9.02. The fourth-order valence-electron chi connectivity index (χ4n) is 1.65. The summed E-state index contributed by atoms with van der Waals surface area (Å²) in [5.74, 6) is 1.31. The Morgan fingerprint density at radius 1 is 1.21 bits per heavy atom. The molecule has 0 heterocycles. The number of ether oxygens (including phenoxy) is 2. The van der Waals surface area contributed by atoms with Gasteiger partial charge in [0.1, 0.15) is 6.61 Å². The summed E-state index contributed by atoms with van der Waals surface area (Å²) in [6, 6.07) is 5.36. The summed E-state index contributed by atoms with van der Waals surface area (Å²) < 4.78 is 33.7. The minimum absolute atomic E-state index is 0.0165. The molecule has 0 aliphatic rings. The van der Waals surface area contributed by atoms with E-state index in [1.54, 1.807) is 12.1 Å². The van der Waals surface area contributed by atoms with Crippen LogP contribution in [0.2, 0.25) is 0 Å². The zero-order chi connectivity index (χ0) is 14.3. The van der Waals surface area contributed by atoms with Gasteiger partial charge in [0.15, 0.2) is 21.3 Å². The molecule has 0 unspecified atom stereocenters. The number of hydrogen-bond donors (Lipinski definition) is 1. The summed E-state index contributed by atoms with van der Waals surface area (Å²) in [5, 5.41) is 0. The van der Waals surface area contributed by atoms with E-state index in [0.717, 1.165) is 5.56 Å². The highest BCUT2D eigenvalue weighted by atomic mass is 32.2. The first kappa shape index (κ1) is 15.8. The molecular weight excluding hydrogens is 266 g/mol. The van der Waals surface area contributed by atoms with E-state index in [-0.39, 0.29) is 18.1 Å². The molecule has 0 aliphatic carbocycles. The van der Waals surface area contributed by atoms with Crippen LogP contribution in [0.4, 0.5) is 0 Å². The van der Waals surface area contributed by atoms with Crippen LogP contribution in [-0.2, 0) is 16.4 Å². The van der Waals surface area contributed by atoms with Crippen LogP contribution in [0.25, 0.3) is 0 Å². The second-order valence-corrected chi connectivity index (χ2v) is 6.49. The van der Waals surface area contributed by atoms with Crippen LogP contribution in [0.3, 0.4) is 0 Å². The lowest BCUT2D eigenvalue weighted by Gasteiger charge is -2.11. The molecule has 0 fully saturated rings. The number of rotatable bonds is 8. The maximum Gasteiger partial charge on any atom is 0.161 e. The largest absolute Gasteiger partial charge is 0.493 e. The average Bonchev–Trinajstić information content (AvgIpc) is 2.38. The van der Waals surface area contributed by atoms with Gasteiger partial charge in [0.2, 0.25) is 0 Å². The van der Waals surface area contributed by atoms with Crippen LogP contribution in [-0.4, -0.2) is 33.6 Å². The van der Waals surface area contributed by atoms with Gasteiger partial charge in [-0.1, -0.05) is 13.0 Å². The van der Waals surface area contributed by atoms with Crippen molar-refractivity contribution in [2.45, 2.75) is 19.9 Å². The molecule has 5 nitrogen and oxygen atoms in total. The third-order valence-electron chi connectivity index (χ3n) is 2.63. The molecule has 0 saturated heterocycles. The van der Waals surface area contributed by atoms with Gasteiger partial charge in [-0.05, 0) is 24.1 Å². The third kappa shape index (κ3) is 5.08. The topological polar surface area (TPSA) is 78.6 Å². The minimum atomic E-state index is -3.02. The Kier molecular flexibility index (Phi) is 6.11. The second-order valence-electron chi connectivity index (χ2n) is 4.19. The Balaban J connectivity index is 2.63. The van der Waals surface area contributed by atoms with Crippen molar-refractivity contribution in [2.24, 2.45) is 5.73 Å². The predicted octanol–water partition coefficient (Wildman–Crippen LogP) is 1.36. The molecule has 108 valence electrons. The predicted molar refractivity (Wildman–Crippen MR) is 75.3 cm³/mol. The average molecular weight is 287 g/mol. The van der Waals surface area contributed by atoms with E-state index >= 15 is 0 Å². The van der Waals surface area contributed by atoms with Crippen LogP contribution in [0.15, 0.2) is 18.2 Å². The zero-order valence-corrected chi connectivity index (χ0v) is 12.2. The summed E-state index contributed by atoms with van der Waals surface area (Å²) in [6.45, 7) is 2.38. The van der Waals surface area contributed by atoms with Gasteiger partial charge in [-0.15, -0.1) is 0 Å². The van der Waals surface area contributed by atoms with Gasteiger partial charge in [0.25, 0.3) is 0 Å². The monoisotopic (exact) mass is 287 g/mol. The van der Waals surface area contributed by atoms with Gasteiger partial charge >= 0.3 is 0 Å². The smallest absolute Gasteiger partial charge is 0.161 e. The van der Waals surface area contributed by atoms with E-state index in [4.69, 9.17) is 15.2 Å². The maximum atomic E-state index is 11.5. The van der Waals surface area contributed by atoms with Crippen molar-refractivity contribution in [3.63, 3.8) is 0 Å². The van der Waals surface area contributed by atoms with Crippen molar-refractivity contribution in [2.75, 3.05) is 25.2 Å². The Bertz CT molecular complexity index is 499. The minimum Gasteiger partial charge on any atom is -0.493 e. The van der Waals surface area contributed by atoms with Crippen LogP contribution in [0, 0.1) is 0 Å². The molecule has 0 saturated carbocycles. The van der Waals surface area contributed by atoms with Crippen molar-refractivity contribution >= 4 is 9.84 Å². The number of sulfone groups is 1. The van der Waals surface area contributed by atoms with E-state index in [1.165, 1.54) is 7.11 Å². The molecule has 0 aromatic heterocycles. The second kappa shape index (κ2) is 7.35. The van der Waals surface area contributed by atoms with Crippen molar-refractivity contribution in [3.8, 4) is 11.5 Å². The number of benzene rings is 1. The molecule has 19 heavy (non-hydrogen) atoms. The fraction of sp³-hybridized carbons (Fsp3) is 0.538. The molecule has 0 aliphatic heterocycles. The van der Waals surface area contributed by atoms with Gasteiger partial charge in [-0.3, -0.25) is 0 Å². The van der Waals surface area contributed by atoms with E-state index in [2.05, 4.69) is 0 Å². The molecule has 0 radical (unpaired) electrons. The van der Waals surface area contributed by atoms with Gasteiger partial charge in [-0.25, -0.2) is 8.42 Å². The van der Waals surface area contributed by atoms with Crippen molar-refractivity contribution in [1.82, 2.24) is 0 Å². The Morgan fingerprint density at radius 3 is 2.53 bits per heavy atom. The van der Waals surface area contributed by atoms with Crippen molar-refractivity contribution < 1.29 is 17.9 Å². The van der Waals surface area contributed by atoms with E-state index < -0.39 is 9.84 Å². The SMILES string of the molecule is CCCS(=O)(=O)CCOc1ccc(CN)cc1OC. The maximum absolute atomic E-state index is 11.5. The lowest BCUT2D eigenvalue weighted by Crippen LogP contribution is -2.17. The molecule has 0 bridgehead atoms. The third-order valence-corrected chi connectivity index (χ3v) is 4.45. The molecule has 1 rings (SSSR count). The Labute approximate surface area is 114 Å². The summed E-state index contributed by atoms with van der Waals surface area (Å²) in [4.78, 5) is 0. The molecule has 1 aromatic carbocycles. The molecule has 6 heteroatoms. The van der Waals surface area contributed by atoms with Crippen LogP contribution in [0.1, 0.15) is 18.9 Å². The van der Waals surface area contributed by atoms with E-state index in [1.807, 2.05) is 13.0 Å². The molecular formula is C13H21NO4S. The highest BCUT2D eigenvalue weighted by Crippen LogP contribution is 2.27. The zero-order valence-electron chi connectivity index (χ0n) is 11.4. The van der Waals surface area contributed by atoms with Gasteiger partial charge in [0.05, 0.1) is 18.6 Å². The summed E-state index contributed by atoms with van der Waals surface area (Å²) in [7, 11) is -1.48. The Morgan fingerprint density at radius 2 is 1.95 bits per heavy atom. The first-order valence-electron chi connectivity index (χ1n) is 6.22. The van der Waals surface area contributed by atoms with Crippen LogP contribution < -0.4 is 15.2 Å². The lowest BCUT2D eigenvalue weighted by molar-refractivity contribution is 0.311. The number of hydrogen-bond acceptors (Lipinski definition) is 5. The van der Waals surface area contributed by atoms with Crippen LogP contribution in [0.5, 0.6) is 11.5 Å². The fourth-order valence-corrected chi connectivity index (χ4v) is 2.81. The van der Waals surface area contributed by atoms with Crippen LogP contribution >= 0.6 is 0 Å². The summed E-state index contributed by atoms with van der Waals surface area (Å²) in [6.07, 6.45) is 0.622. The quantitative estimate of drug-likeness (QED) is 0.781. The highest BCUT2D eigenvalue weighted by molar-refractivity contribution is 7.91. The summed E-state index contributed by atoms with van der Waals surface area (Å²) in [5.41, 5.74) is 6.47. The van der Waals surface area contributed by atoms with E-state index in [9.17, 15) is 8.42 Å². The lowest BCUT2D eigenvalue weighted by atomic mass is 10.2. The first-order valence-corrected chi connectivity index (χ1v) is 8.04. The van der Waals surface area contributed by atoms with Crippen molar-refractivity contribution in [1.29, 1.82) is 0 Å². The molecule has 2 N–H and O–H groups in total. The molecule has 0 amide bonds. The summed E-state index contributed by atoms with van der Waals surface area (Å²) >= 11 is 0. The van der Waals surface area contributed by atoms with E-state index in [0.29, 0.717) is 24.5 Å². The van der Waals surface area contributed by atoms with Gasteiger partial charge in [0, 0.05) is 6.54 Å². The highest BCUT2D eigenvalue weighted by Gasteiger charge is 2.11. The molecule has 0 spiro atoms. The Hall–Kier alpha value is -1.27. The molecule has 0 atom stereocenters. The standard InChI is InChI=1S/C13H21NO4S/c1-3-7-19(15,16)8-6-18-12-5-4-11(10-14)9-13(12)17-2/h4-5,9H,3,6-8,10,14H2,1-2H3. The number of methoxy groups -OCH3 is 1. The van der Waals surface area contributed by atoms with Crippen molar-refractivity contribution in [3.05, 3.63) is 23.8 Å². The van der Waals surface area contributed by atoms with Gasteiger partial charge < -0.3 is 15.2 Å². The normalized spacial score (nSPS) is 11.3. The molecule has 1 aromatic rings.